The van der Waals surface area contributed by atoms with Gasteiger partial charge in [0, 0.05) is 28.1 Å². The Balaban J connectivity index is 1.79. The number of carbonyl (C=O) groups excluding carboxylic acids is 1. The van der Waals surface area contributed by atoms with Gasteiger partial charge in [-0.25, -0.2) is 0 Å². The number of amides is 1. The van der Waals surface area contributed by atoms with Crippen LogP contribution in [0.4, 0.5) is 0 Å². The molecule has 1 atom stereocenters. The lowest BCUT2D eigenvalue weighted by Crippen LogP contribution is -2.36. The Hall–Kier alpha value is -1.17. The number of benzene rings is 1. The predicted molar refractivity (Wildman–Crippen MR) is 96.9 cm³/mol. The van der Waals surface area contributed by atoms with E-state index < -0.39 is 0 Å². The van der Waals surface area contributed by atoms with Crippen molar-refractivity contribution >= 4 is 33.2 Å². The van der Waals surface area contributed by atoms with Crippen LogP contribution in [-0.2, 0) is 11.3 Å². The zero-order valence-electron chi connectivity index (χ0n) is 13.1. The topological polar surface area (TPSA) is 29.5 Å². The number of rotatable bonds is 5. The molecular formula is C18H20BrNO2S. The lowest BCUT2D eigenvalue weighted by molar-refractivity contribution is 0.0509. The van der Waals surface area contributed by atoms with Gasteiger partial charge in [-0.15, -0.1) is 11.3 Å². The summed E-state index contributed by atoms with van der Waals surface area (Å²) in [5, 5.41) is 2.08. The van der Waals surface area contributed by atoms with E-state index in [1.807, 2.05) is 29.2 Å². The molecule has 122 valence electrons. The number of carbonyl (C=O) groups is 1. The summed E-state index contributed by atoms with van der Waals surface area (Å²) in [6.45, 7) is 4.22. The van der Waals surface area contributed by atoms with Crippen LogP contribution in [-0.4, -0.2) is 30.1 Å². The fourth-order valence-electron chi connectivity index (χ4n) is 2.77. The molecule has 1 saturated heterocycles. The number of hydrogen-bond donors (Lipinski definition) is 0. The van der Waals surface area contributed by atoms with Crippen molar-refractivity contribution in [2.45, 2.75) is 32.4 Å². The van der Waals surface area contributed by atoms with E-state index in [1.165, 1.54) is 10.4 Å². The number of ether oxygens (including phenoxy) is 1. The minimum atomic E-state index is 0.0702. The lowest BCUT2D eigenvalue weighted by atomic mass is 10.1. The maximum absolute atomic E-state index is 12.9. The van der Waals surface area contributed by atoms with Crippen molar-refractivity contribution in [1.29, 1.82) is 0 Å². The summed E-state index contributed by atoms with van der Waals surface area (Å²) >= 11 is 5.13. The van der Waals surface area contributed by atoms with Crippen LogP contribution in [0.2, 0.25) is 0 Å². The summed E-state index contributed by atoms with van der Waals surface area (Å²) in [5.41, 5.74) is 1.97. The summed E-state index contributed by atoms with van der Waals surface area (Å²) in [7, 11) is 0. The van der Waals surface area contributed by atoms with Gasteiger partial charge in [0.25, 0.3) is 5.91 Å². The van der Waals surface area contributed by atoms with Gasteiger partial charge in [-0.3, -0.25) is 4.79 Å². The van der Waals surface area contributed by atoms with Gasteiger partial charge in [0.15, 0.2) is 0 Å². The molecule has 5 heteroatoms. The summed E-state index contributed by atoms with van der Waals surface area (Å²) in [4.78, 5) is 16.1. The molecule has 3 nitrogen and oxygen atoms in total. The summed E-state index contributed by atoms with van der Waals surface area (Å²) in [5.74, 6) is 0.0702. The molecule has 0 spiro atoms. The minimum Gasteiger partial charge on any atom is -0.376 e. The van der Waals surface area contributed by atoms with Crippen LogP contribution < -0.4 is 0 Å². The van der Waals surface area contributed by atoms with Crippen LogP contribution in [0.3, 0.4) is 0 Å². The molecule has 1 unspecified atom stereocenters. The number of aryl methyl sites for hydroxylation is 1. The van der Waals surface area contributed by atoms with Crippen molar-refractivity contribution in [3.63, 3.8) is 0 Å². The van der Waals surface area contributed by atoms with E-state index >= 15 is 0 Å². The number of nitrogens with zero attached hydrogens (tertiary/aromatic N) is 1. The van der Waals surface area contributed by atoms with Crippen LogP contribution in [0.5, 0.6) is 0 Å². The third-order valence-corrected chi connectivity index (χ3v) is 5.67. The Bertz CT molecular complexity index is 662. The summed E-state index contributed by atoms with van der Waals surface area (Å²) < 4.78 is 6.72. The van der Waals surface area contributed by atoms with Crippen LogP contribution in [0.25, 0.3) is 0 Å². The molecule has 1 aliphatic heterocycles. The largest absolute Gasteiger partial charge is 0.376 e. The van der Waals surface area contributed by atoms with Gasteiger partial charge in [0.2, 0.25) is 0 Å². The Morgan fingerprint density at radius 2 is 2.13 bits per heavy atom. The van der Waals surface area contributed by atoms with E-state index in [0.717, 1.165) is 29.5 Å². The Morgan fingerprint density at radius 3 is 2.74 bits per heavy atom. The van der Waals surface area contributed by atoms with Gasteiger partial charge in [0.1, 0.15) is 0 Å². The predicted octanol–water partition coefficient (Wildman–Crippen LogP) is 4.64. The lowest BCUT2D eigenvalue weighted by Gasteiger charge is -2.25. The first-order chi connectivity index (χ1) is 11.1. The minimum absolute atomic E-state index is 0.0702. The molecule has 1 amide bonds. The molecular weight excluding hydrogens is 374 g/mol. The third-order valence-electron chi connectivity index (χ3n) is 4.13. The van der Waals surface area contributed by atoms with E-state index in [1.54, 1.807) is 11.3 Å². The van der Waals surface area contributed by atoms with Crippen molar-refractivity contribution in [2.24, 2.45) is 0 Å². The van der Waals surface area contributed by atoms with Gasteiger partial charge < -0.3 is 9.64 Å². The normalized spacial score (nSPS) is 17.4. The van der Waals surface area contributed by atoms with Crippen molar-refractivity contribution in [3.8, 4) is 0 Å². The third kappa shape index (κ3) is 4.22. The Morgan fingerprint density at radius 1 is 1.35 bits per heavy atom. The number of halogens is 1. The highest BCUT2D eigenvalue weighted by Gasteiger charge is 2.24. The van der Waals surface area contributed by atoms with Gasteiger partial charge in [0.05, 0.1) is 12.6 Å². The second-order valence-electron chi connectivity index (χ2n) is 5.85. The van der Waals surface area contributed by atoms with Crippen molar-refractivity contribution < 1.29 is 9.53 Å². The average molecular weight is 394 g/mol. The highest BCUT2D eigenvalue weighted by atomic mass is 79.9. The second kappa shape index (κ2) is 7.60. The van der Waals surface area contributed by atoms with Crippen LogP contribution >= 0.6 is 27.3 Å². The molecule has 0 aliphatic carbocycles. The van der Waals surface area contributed by atoms with Crippen LogP contribution in [0.15, 0.2) is 40.2 Å². The zero-order valence-corrected chi connectivity index (χ0v) is 15.5. The van der Waals surface area contributed by atoms with E-state index in [2.05, 4.69) is 34.3 Å². The smallest absolute Gasteiger partial charge is 0.254 e. The number of thiophene rings is 1. The SMILES string of the molecule is Cc1ccsc1CN(CC1CCCO1)C(=O)c1ccc(Br)cc1. The molecule has 0 bridgehead atoms. The van der Waals surface area contributed by atoms with Crippen LogP contribution in [0, 0.1) is 6.92 Å². The molecule has 0 radical (unpaired) electrons. The Labute approximate surface area is 149 Å². The quantitative estimate of drug-likeness (QED) is 0.740. The molecule has 1 aromatic carbocycles. The van der Waals surface area contributed by atoms with E-state index in [0.29, 0.717) is 13.1 Å². The molecule has 2 heterocycles. The molecule has 2 aromatic rings. The molecule has 0 N–H and O–H groups in total. The Kier molecular flexibility index (Phi) is 5.51. The monoisotopic (exact) mass is 393 g/mol. The molecule has 23 heavy (non-hydrogen) atoms. The maximum Gasteiger partial charge on any atom is 0.254 e. The average Bonchev–Trinajstić information content (AvgIpc) is 3.19. The first kappa shape index (κ1) is 16.7. The highest BCUT2D eigenvalue weighted by molar-refractivity contribution is 9.10. The van der Waals surface area contributed by atoms with Gasteiger partial charge in [-0.1, -0.05) is 15.9 Å². The molecule has 1 aliphatic rings. The fraction of sp³-hybridized carbons (Fsp3) is 0.389. The summed E-state index contributed by atoms with van der Waals surface area (Å²) in [6.07, 6.45) is 2.28. The van der Waals surface area contributed by atoms with Crippen molar-refractivity contribution in [1.82, 2.24) is 4.90 Å². The standard InChI is InChI=1S/C18H20BrNO2S/c1-13-8-10-23-17(13)12-20(11-16-3-2-9-22-16)18(21)14-4-6-15(19)7-5-14/h4-8,10,16H,2-3,9,11-12H2,1H3. The molecule has 3 rings (SSSR count). The first-order valence-electron chi connectivity index (χ1n) is 7.83. The van der Waals surface area contributed by atoms with E-state index in [4.69, 9.17) is 4.74 Å². The van der Waals surface area contributed by atoms with Gasteiger partial charge in [-0.2, -0.15) is 0 Å². The van der Waals surface area contributed by atoms with Crippen molar-refractivity contribution in [2.75, 3.05) is 13.2 Å². The first-order valence-corrected chi connectivity index (χ1v) is 9.50. The molecule has 1 aromatic heterocycles. The van der Waals surface area contributed by atoms with E-state index in [9.17, 15) is 4.79 Å². The molecule has 0 saturated carbocycles. The second-order valence-corrected chi connectivity index (χ2v) is 7.77. The van der Waals surface area contributed by atoms with Crippen molar-refractivity contribution in [3.05, 3.63) is 56.2 Å². The fourth-order valence-corrected chi connectivity index (χ4v) is 3.95. The van der Waals surface area contributed by atoms with Gasteiger partial charge in [-0.05, 0) is 61.0 Å². The number of hydrogen-bond acceptors (Lipinski definition) is 3. The maximum atomic E-state index is 12.9. The highest BCUT2D eigenvalue weighted by Crippen LogP contribution is 2.22. The van der Waals surface area contributed by atoms with Crippen LogP contribution in [0.1, 0.15) is 33.6 Å². The van der Waals surface area contributed by atoms with E-state index in [-0.39, 0.29) is 12.0 Å². The zero-order chi connectivity index (χ0) is 16.2. The summed E-state index contributed by atoms with van der Waals surface area (Å²) in [6, 6.07) is 9.67. The molecule has 1 fully saturated rings. The van der Waals surface area contributed by atoms with Gasteiger partial charge >= 0.3 is 0 Å².